The number of nitrogens with zero attached hydrogens (tertiary/aromatic N) is 2. The van der Waals surface area contributed by atoms with Crippen LogP contribution in [0.3, 0.4) is 0 Å². The number of fused-ring (bicyclic) bond motifs is 2. The summed E-state index contributed by atoms with van der Waals surface area (Å²) in [5.41, 5.74) is 4.26. The van der Waals surface area contributed by atoms with E-state index in [1.807, 2.05) is 87.0 Å². The van der Waals surface area contributed by atoms with Crippen LogP contribution in [-0.2, 0) is 13.4 Å². The summed E-state index contributed by atoms with van der Waals surface area (Å²) in [6.45, 7) is 5.32. The fourth-order valence-corrected chi connectivity index (χ4v) is 4.29. The SMILES string of the molecule is [2H]C([2H])([2H])C1=C(C)N(c2cc(C([2H])([2H])C(C)C)c3ccccc3[n+]2C)B(C)c2ccccc21. The summed E-state index contributed by atoms with van der Waals surface area (Å²) in [6.07, 6.45) is -1.55. The fourth-order valence-electron chi connectivity index (χ4n) is 4.29. The fraction of sp³-hybridized carbons (Fsp3) is 0.320. The predicted molar refractivity (Wildman–Crippen MR) is 122 cm³/mol. The van der Waals surface area contributed by atoms with Gasteiger partial charge < -0.3 is 0 Å². The monoisotopic (exact) mass is 374 g/mol. The van der Waals surface area contributed by atoms with Gasteiger partial charge in [-0.25, -0.2) is 4.57 Å². The lowest BCUT2D eigenvalue weighted by atomic mass is 9.52. The topological polar surface area (TPSA) is 7.12 Å². The number of allylic oxidation sites excluding steroid dienone is 2. The summed E-state index contributed by atoms with van der Waals surface area (Å²) in [7, 11) is 1.96. The van der Waals surface area contributed by atoms with Crippen LogP contribution in [0.5, 0.6) is 0 Å². The summed E-state index contributed by atoms with van der Waals surface area (Å²) >= 11 is 0. The van der Waals surface area contributed by atoms with Crippen molar-refractivity contribution in [2.24, 2.45) is 13.0 Å². The molecule has 1 aromatic heterocycles. The maximum atomic E-state index is 8.88. The normalized spacial score (nSPS) is 17.9. The maximum absolute atomic E-state index is 8.88. The zero-order chi connectivity index (χ0) is 24.3. The molecule has 0 aliphatic carbocycles. The van der Waals surface area contributed by atoms with E-state index in [1.165, 1.54) is 0 Å². The van der Waals surface area contributed by atoms with E-state index in [0.29, 0.717) is 16.8 Å². The molecule has 0 radical (unpaired) electrons. The Kier molecular flexibility index (Phi) is 3.46. The number of hydrogen-bond acceptors (Lipinski definition) is 1. The first-order valence-corrected chi connectivity index (χ1v) is 9.89. The predicted octanol–water partition coefficient (Wildman–Crippen LogP) is 4.96. The Labute approximate surface area is 176 Å². The van der Waals surface area contributed by atoms with Gasteiger partial charge in [-0.2, -0.15) is 0 Å². The molecule has 0 spiro atoms. The van der Waals surface area contributed by atoms with E-state index in [9.17, 15) is 0 Å². The lowest BCUT2D eigenvalue weighted by Crippen LogP contribution is -2.53. The Bertz CT molecular complexity index is 1260. The molecule has 0 unspecified atom stereocenters. The lowest BCUT2D eigenvalue weighted by molar-refractivity contribution is -0.631. The molecule has 2 heterocycles. The minimum Gasteiger partial charge on any atom is -0.290 e. The van der Waals surface area contributed by atoms with Crippen molar-refractivity contribution < 1.29 is 11.4 Å². The number of hydrogen-bond donors (Lipinski definition) is 0. The molecule has 3 aromatic rings. The van der Waals surface area contributed by atoms with Gasteiger partial charge in [-0.05, 0) is 61.1 Å². The molecule has 0 bridgehead atoms. The first-order chi connectivity index (χ1) is 15.4. The minimum absolute atomic E-state index is 0.113. The second kappa shape index (κ2) is 7.12. The van der Waals surface area contributed by atoms with Gasteiger partial charge in [0.25, 0.3) is 5.82 Å². The molecule has 142 valence electrons. The highest BCUT2D eigenvalue weighted by Gasteiger charge is 2.39. The quantitative estimate of drug-likeness (QED) is 0.464. The van der Waals surface area contributed by atoms with Crippen molar-refractivity contribution in [2.75, 3.05) is 4.81 Å². The smallest absolute Gasteiger partial charge is 0.290 e. The van der Waals surface area contributed by atoms with Crippen molar-refractivity contribution in [3.05, 3.63) is 71.4 Å². The van der Waals surface area contributed by atoms with Crippen molar-refractivity contribution in [1.29, 1.82) is 0 Å². The highest BCUT2D eigenvalue weighted by molar-refractivity contribution is 6.77. The van der Waals surface area contributed by atoms with Crippen LogP contribution >= 0.6 is 0 Å². The highest BCUT2D eigenvalue weighted by atomic mass is 15.2. The molecule has 0 amide bonds. The zero-order valence-electron chi connectivity index (χ0n) is 22.2. The molecule has 1 aliphatic heterocycles. The van der Waals surface area contributed by atoms with Gasteiger partial charge in [-0.1, -0.05) is 56.3 Å². The van der Waals surface area contributed by atoms with Gasteiger partial charge in [0.15, 0.2) is 0 Å². The van der Waals surface area contributed by atoms with Crippen molar-refractivity contribution in [3.63, 3.8) is 0 Å². The van der Waals surface area contributed by atoms with Crippen molar-refractivity contribution in [3.8, 4) is 0 Å². The Morgan fingerprint density at radius 1 is 1.14 bits per heavy atom. The Hall–Kier alpha value is -2.55. The van der Waals surface area contributed by atoms with E-state index >= 15 is 0 Å². The Morgan fingerprint density at radius 2 is 1.86 bits per heavy atom. The number of pyridine rings is 1. The van der Waals surface area contributed by atoms with Crippen molar-refractivity contribution in [2.45, 2.75) is 40.8 Å². The van der Waals surface area contributed by atoms with Gasteiger partial charge in [0, 0.05) is 18.3 Å². The molecule has 4 rings (SSSR count). The Balaban J connectivity index is 2.08. The maximum Gasteiger partial charge on any atom is 0.409 e. The minimum atomic E-state index is -2.27. The molecule has 0 fully saturated rings. The van der Waals surface area contributed by atoms with Crippen LogP contribution in [0.15, 0.2) is 60.3 Å². The second-order valence-corrected chi connectivity index (χ2v) is 7.89. The molecule has 2 aromatic carbocycles. The van der Waals surface area contributed by atoms with Crippen molar-refractivity contribution >= 4 is 34.6 Å². The largest absolute Gasteiger partial charge is 0.409 e. The van der Waals surface area contributed by atoms with Gasteiger partial charge >= 0.3 is 6.85 Å². The van der Waals surface area contributed by atoms with Gasteiger partial charge in [-0.15, -0.1) is 0 Å². The first kappa shape index (κ1) is 13.6. The molecule has 1 aliphatic rings. The van der Waals surface area contributed by atoms with Crippen LogP contribution in [0.4, 0.5) is 5.82 Å². The van der Waals surface area contributed by atoms with Crippen LogP contribution in [0.2, 0.25) is 6.82 Å². The van der Waals surface area contributed by atoms with Gasteiger partial charge in [-0.3, -0.25) is 4.81 Å². The number of benzene rings is 2. The number of aromatic nitrogens is 1. The number of anilines is 1. The molecule has 0 saturated heterocycles. The van der Waals surface area contributed by atoms with E-state index in [0.717, 1.165) is 27.7 Å². The van der Waals surface area contributed by atoms with Gasteiger partial charge in [0.05, 0.1) is 12.7 Å². The third-order valence-corrected chi connectivity index (χ3v) is 5.65. The molecule has 2 nitrogen and oxygen atoms in total. The van der Waals surface area contributed by atoms with Gasteiger partial charge in [0.1, 0.15) is 5.52 Å². The standard InChI is InChI=1S/C25H30BN2/c1-17(2)15-20-16-25(27(6)24-14-10-8-12-22(20)24)28-19(4)18(3)21-11-7-9-13-23(21)26(28)5/h7-14,16-17H,15H2,1-6H3/q+1/i3D3,15D2. The highest BCUT2D eigenvalue weighted by Crippen LogP contribution is 2.31. The van der Waals surface area contributed by atoms with E-state index in [2.05, 4.69) is 11.6 Å². The second-order valence-electron chi connectivity index (χ2n) is 7.89. The summed E-state index contributed by atoms with van der Waals surface area (Å²) in [4.78, 5) is 2.05. The summed E-state index contributed by atoms with van der Waals surface area (Å²) < 4.78 is 44.6. The lowest BCUT2D eigenvalue weighted by Gasteiger charge is -2.31. The average molecular weight is 374 g/mol. The van der Waals surface area contributed by atoms with Crippen molar-refractivity contribution in [1.82, 2.24) is 0 Å². The average Bonchev–Trinajstić information content (AvgIpc) is 2.74. The molecule has 0 atom stereocenters. The molecule has 28 heavy (non-hydrogen) atoms. The molecular weight excluding hydrogens is 339 g/mol. The first-order valence-electron chi connectivity index (χ1n) is 12.4. The molecule has 3 heteroatoms. The zero-order valence-corrected chi connectivity index (χ0v) is 17.2. The number of rotatable bonds is 3. The summed E-state index contributed by atoms with van der Waals surface area (Å²) in [6, 6.07) is 17.4. The summed E-state index contributed by atoms with van der Waals surface area (Å²) in [5.74, 6) is 0.546. The van der Waals surface area contributed by atoms with E-state index in [-0.39, 0.29) is 12.8 Å². The number of para-hydroxylation sites is 1. The summed E-state index contributed by atoms with van der Waals surface area (Å²) in [5, 5.41) is 0.866. The number of aryl methyl sites for hydroxylation is 1. The van der Waals surface area contributed by atoms with E-state index in [1.54, 1.807) is 0 Å². The molecule has 0 N–H and O–H groups in total. The third-order valence-electron chi connectivity index (χ3n) is 5.65. The van der Waals surface area contributed by atoms with E-state index in [4.69, 9.17) is 6.85 Å². The van der Waals surface area contributed by atoms with Crippen LogP contribution in [0.25, 0.3) is 16.5 Å². The van der Waals surface area contributed by atoms with Crippen LogP contribution in [0.1, 0.15) is 45.6 Å². The van der Waals surface area contributed by atoms with Crippen LogP contribution in [-0.4, -0.2) is 6.85 Å². The molecule has 0 saturated carbocycles. The van der Waals surface area contributed by atoms with Crippen LogP contribution in [0, 0.1) is 5.92 Å². The molecular formula is C25H30BN2+. The third kappa shape index (κ3) is 2.94. The Morgan fingerprint density at radius 3 is 2.61 bits per heavy atom. The van der Waals surface area contributed by atoms with Gasteiger partial charge in [0.2, 0.25) is 0 Å². The van der Waals surface area contributed by atoms with E-state index < -0.39 is 13.2 Å². The van der Waals surface area contributed by atoms with Crippen LogP contribution < -0.4 is 14.8 Å².